The number of rotatable bonds is 8. The van der Waals surface area contributed by atoms with Gasteiger partial charge in [0, 0.05) is 12.6 Å². The third kappa shape index (κ3) is 6.47. The number of aromatic nitrogens is 2. The molecule has 1 aromatic heterocycles. The van der Waals surface area contributed by atoms with Gasteiger partial charge in [-0.2, -0.15) is 9.29 Å². The molecule has 34 heavy (non-hydrogen) atoms. The van der Waals surface area contributed by atoms with Crippen LogP contribution in [0.2, 0.25) is 0 Å². The van der Waals surface area contributed by atoms with Crippen LogP contribution in [-0.4, -0.2) is 89.3 Å². The van der Waals surface area contributed by atoms with Crippen LogP contribution in [0.4, 0.5) is 5.82 Å². The molecule has 2 fully saturated rings. The number of phosphoric acid groups is 2. The van der Waals surface area contributed by atoms with Crippen molar-refractivity contribution in [2.24, 2.45) is 0 Å². The molecule has 3 unspecified atom stereocenters. The highest BCUT2D eigenvalue weighted by Gasteiger charge is 2.47. The largest absolute Gasteiger partial charge is 0.483 e. The number of ether oxygens (including phenoxy) is 2. The van der Waals surface area contributed by atoms with Gasteiger partial charge in [-0.05, 0) is 13.0 Å². The summed E-state index contributed by atoms with van der Waals surface area (Å²) in [6.45, 7) is 0.477. The Kier molecular flexibility index (Phi) is 8.32. The molecule has 0 spiro atoms. The van der Waals surface area contributed by atoms with Crippen LogP contribution in [0.5, 0.6) is 0 Å². The number of anilines is 1. The smallest absolute Gasteiger partial charge is 0.390 e. The second kappa shape index (κ2) is 10.4. The molecule has 2 aliphatic heterocycles. The third-order valence-corrected chi connectivity index (χ3v) is 7.60. The number of aliphatic hydroxyl groups excluding tert-OH is 4. The van der Waals surface area contributed by atoms with Crippen molar-refractivity contribution >= 4 is 21.5 Å². The van der Waals surface area contributed by atoms with Crippen molar-refractivity contribution < 1.29 is 62.2 Å². The first-order valence-electron chi connectivity index (χ1n) is 9.77. The summed E-state index contributed by atoms with van der Waals surface area (Å²) in [6.07, 6.45) is -10.7. The summed E-state index contributed by atoms with van der Waals surface area (Å²) in [7, 11) is -10.7. The lowest BCUT2D eigenvalue weighted by Gasteiger charge is -2.35. The maximum Gasteiger partial charge on any atom is 0.483 e. The highest BCUT2D eigenvalue weighted by atomic mass is 31.3. The standard InChI is InChI=1S/C15H25N3O14P2/c1-6-7(19)4-8(20)14(29-6)31-34(26,27)32-33(24,25)28-5-9-11(21)12(22)13(30-9)18-3-2-10(16)17-15(18)23/h2-3,6-9,11-14,19-22H,4-5H2,1H3,(H,24,25)(H,26,27)(H2,16,17,23)/t6-,7+,8-,9-,11-,12-,13-,14?/m1/s1. The maximum absolute atomic E-state index is 12.1. The molecule has 0 bridgehead atoms. The molecule has 0 aromatic carbocycles. The fraction of sp³-hybridized carbons (Fsp3) is 0.733. The first kappa shape index (κ1) is 27.3. The zero-order valence-electron chi connectivity index (χ0n) is 17.5. The molecule has 3 heterocycles. The Labute approximate surface area is 191 Å². The average Bonchev–Trinajstić information content (AvgIpc) is 2.98. The Hall–Kier alpha value is -1.30. The van der Waals surface area contributed by atoms with E-state index in [1.165, 1.54) is 13.0 Å². The van der Waals surface area contributed by atoms with Crippen LogP contribution in [0.15, 0.2) is 17.1 Å². The van der Waals surface area contributed by atoms with Gasteiger partial charge >= 0.3 is 21.3 Å². The minimum absolute atomic E-state index is 0.0973. The minimum Gasteiger partial charge on any atom is -0.390 e. The van der Waals surface area contributed by atoms with Crippen LogP contribution in [-0.2, 0) is 32.0 Å². The third-order valence-electron chi connectivity index (χ3n) is 5.00. The van der Waals surface area contributed by atoms with Crippen LogP contribution in [0, 0.1) is 0 Å². The van der Waals surface area contributed by atoms with E-state index in [4.69, 9.17) is 15.2 Å². The summed E-state index contributed by atoms with van der Waals surface area (Å²) < 4.78 is 48.7. The molecular formula is C15H25N3O14P2. The molecule has 3 rings (SSSR count). The van der Waals surface area contributed by atoms with Gasteiger partial charge in [-0.25, -0.2) is 13.9 Å². The van der Waals surface area contributed by atoms with Crippen molar-refractivity contribution in [1.82, 2.24) is 9.55 Å². The van der Waals surface area contributed by atoms with Gasteiger partial charge in [-0.3, -0.25) is 13.6 Å². The molecule has 1 aromatic rings. The number of hydrogen-bond acceptors (Lipinski definition) is 14. The lowest BCUT2D eigenvalue weighted by Crippen LogP contribution is -2.46. The van der Waals surface area contributed by atoms with Gasteiger partial charge in [0.1, 0.15) is 30.2 Å². The van der Waals surface area contributed by atoms with E-state index in [0.717, 1.165) is 10.8 Å². The van der Waals surface area contributed by atoms with Crippen molar-refractivity contribution in [2.45, 2.75) is 62.5 Å². The monoisotopic (exact) mass is 533 g/mol. The Morgan fingerprint density at radius 1 is 1.15 bits per heavy atom. The maximum atomic E-state index is 12.1. The topological polar surface area (TPSA) is 263 Å². The van der Waals surface area contributed by atoms with E-state index in [1.807, 2.05) is 0 Å². The molecular weight excluding hydrogens is 508 g/mol. The quantitative estimate of drug-likeness (QED) is 0.171. The highest BCUT2D eigenvalue weighted by molar-refractivity contribution is 7.61. The summed E-state index contributed by atoms with van der Waals surface area (Å²) in [4.78, 5) is 34.9. The Morgan fingerprint density at radius 3 is 2.47 bits per heavy atom. The fourth-order valence-corrected chi connectivity index (χ4v) is 5.40. The van der Waals surface area contributed by atoms with Gasteiger partial charge in [0.25, 0.3) is 0 Å². The second-order valence-electron chi connectivity index (χ2n) is 7.59. The lowest BCUT2D eigenvalue weighted by molar-refractivity contribution is -0.233. The summed E-state index contributed by atoms with van der Waals surface area (Å²) >= 11 is 0. The Balaban J connectivity index is 1.59. The van der Waals surface area contributed by atoms with Gasteiger partial charge in [0.15, 0.2) is 12.5 Å². The van der Waals surface area contributed by atoms with Crippen molar-refractivity contribution in [3.05, 3.63) is 22.7 Å². The van der Waals surface area contributed by atoms with Crippen molar-refractivity contribution in [3.63, 3.8) is 0 Å². The van der Waals surface area contributed by atoms with Crippen LogP contribution < -0.4 is 11.4 Å². The fourth-order valence-electron chi connectivity index (χ4n) is 3.23. The zero-order chi connectivity index (χ0) is 25.4. The van der Waals surface area contributed by atoms with Crippen molar-refractivity contribution in [1.29, 1.82) is 0 Å². The summed E-state index contributed by atoms with van der Waals surface area (Å²) in [6, 6.07) is 1.23. The van der Waals surface area contributed by atoms with Gasteiger partial charge in [0.2, 0.25) is 0 Å². The lowest BCUT2D eigenvalue weighted by atomic mass is 10.0. The van der Waals surface area contributed by atoms with E-state index in [2.05, 4.69) is 18.3 Å². The molecule has 0 aliphatic carbocycles. The number of nitrogen functional groups attached to an aromatic ring is 1. The molecule has 0 amide bonds. The van der Waals surface area contributed by atoms with Crippen LogP contribution in [0.3, 0.4) is 0 Å². The van der Waals surface area contributed by atoms with E-state index in [9.17, 15) is 44.1 Å². The van der Waals surface area contributed by atoms with E-state index in [-0.39, 0.29) is 12.2 Å². The second-order valence-corrected chi connectivity index (χ2v) is 10.6. The van der Waals surface area contributed by atoms with Crippen LogP contribution in [0.25, 0.3) is 0 Å². The van der Waals surface area contributed by atoms with Crippen LogP contribution >= 0.6 is 15.6 Å². The van der Waals surface area contributed by atoms with E-state index in [0.29, 0.717) is 0 Å². The molecule has 194 valence electrons. The zero-order valence-corrected chi connectivity index (χ0v) is 19.3. The minimum atomic E-state index is -5.35. The summed E-state index contributed by atoms with van der Waals surface area (Å²) in [5, 5.41) is 39.7. The van der Waals surface area contributed by atoms with Gasteiger partial charge in [-0.1, -0.05) is 0 Å². The number of hydrogen-bond donors (Lipinski definition) is 7. The number of nitrogens with two attached hydrogens (primary N) is 1. The molecule has 19 heteroatoms. The Morgan fingerprint density at radius 2 is 1.82 bits per heavy atom. The average molecular weight is 533 g/mol. The van der Waals surface area contributed by atoms with E-state index >= 15 is 0 Å². The number of phosphoric ester groups is 2. The predicted molar refractivity (Wildman–Crippen MR) is 108 cm³/mol. The van der Waals surface area contributed by atoms with Crippen molar-refractivity contribution in [2.75, 3.05) is 12.3 Å². The first-order chi connectivity index (χ1) is 15.7. The molecule has 8 N–H and O–H groups in total. The molecule has 2 aliphatic rings. The van der Waals surface area contributed by atoms with E-state index < -0.39 is 77.1 Å². The predicted octanol–water partition coefficient (Wildman–Crippen LogP) is -2.45. The molecule has 0 saturated carbocycles. The number of aliphatic hydroxyl groups is 4. The van der Waals surface area contributed by atoms with Gasteiger partial charge in [-0.15, -0.1) is 0 Å². The SMILES string of the molecule is C[C@H]1OC(OP(=O)(O)OP(=O)(O)OC[C@H]2O[C@@H](n3ccc(N)nc3=O)[C@H](O)[C@@H]2O)[C@H](O)C[C@@H]1O. The molecule has 0 radical (unpaired) electrons. The van der Waals surface area contributed by atoms with Gasteiger partial charge in [0.05, 0.1) is 18.8 Å². The molecule has 17 nitrogen and oxygen atoms in total. The molecule has 10 atom stereocenters. The Bertz CT molecular complexity index is 1020. The van der Waals surface area contributed by atoms with Gasteiger partial charge < -0.3 is 45.4 Å². The normalized spacial score (nSPS) is 37.7. The first-order valence-corrected chi connectivity index (χ1v) is 12.8. The highest BCUT2D eigenvalue weighted by Crippen LogP contribution is 2.61. The van der Waals surface area contributed by atoms with Crippen molar-refractivity contribution in [3.8, 4) is 0 Å². The summed E-state index contributed by atoms with van der Waals surface area (Å²) in [5.41, 5.74) is 4.48. The van der Waals surface area contributed by atoms with E-state index in [1.54, 1.807) is 0 Å². The number of nitrogens with zero attached hydrogens (tertiary/aromatic N) is 2. The summed E-state index contributed by atoms with van der Waals surface area (Å²) in [5.74, 6) is -0.0973. The molecule has 2 saturated heterocycles. The van der Waals surface area contributed by atoms with Crippen LogP contribution in [0.1, 0.15) is 19.6 Å².